The van der Waals surface area contributed by atoms with E-state index in [9.17, 15) is 0 Å². The van der Waals surface area contributed by atoms with Crippen LogP contribution in [-0.2, 0) is 0 Å². The highest BCUT2D eigenvalue weighted by atomic mass is 79.9. The van der Waals surface area contributed by atoms with Gasteiger partial charge in [-0.3, -0.25) is 0 Å². The number of halogens is 1. The van der Waals surface area contributed by atoms with Crippen molar-refractivity contribution >= 4 is 22.0 Å². The zero-order valence-electron chi connectivity index (χ0n) is 7.20. The molecule has 1 aromatic rings. The Morgan fingerprint density at radius 2 is 2.00 bits per heavy atom. The summed E-state index contributed by atoms with van der Waals surface area (Å²) >= 11 is 3.44. The fourth-order valence-electron chi connectivity index (χ4n) is 0.891. The van der Waals surface area contributed by atoms with Gasteiger partial charge < -0.3 is 0 Å². The summed E-state index contributed by atoms with van der Waals surface area (Å²) in [4.78, 5) is 0. The van der Waals surface area contributed by atoms with Gasteiger partial charge in [-0.15, -0.1) is 0 Å². The standard InChI is InChI=1S/C11H13Br/c1-10(9-12)7-8-11-5-3-2-4-6-11/h2-8,10H,9H2,1H3/b8-7+. The number of benzene rings is 1. The van der Waals surface area contributed by atoms with Gasteiger partial charge >= 0.3 is 0 Å². The molecule has 0 aliphatic carbocycles. The Labute approximate surface area is 82.4 Å². The van der Waals surface area contributed by atoms with Gasteiger partial charge in [-0.2, -0.15) is 0 Å². The van der Waals surface area contributed by atoms with Crippen LogP contribution in [0, 0.1) is 5.92 Å². The summed E-state index contributed by atoms with van der Waals surface area (Å²) in [6.07, 6.45) is 4.37. The molecule has 0 aromatic heterocycles. The second-order valence-electron chi connectivity index (χ2n) is 2.90. The van der Waals surface area contributed by atoms with Crippen molar-refractivity contribution in [3.05, 3.63) is 42.0 Å². The van der Waals surface area contributed by atoms with Crippen LogP contribution in [-0.4, -0.2) is 5.33 Å². The molecule has 0 nitrogen and oxygen atoms in total. The molecule has 0 bridgehead atoms. The van der Waals surface area contributed by atoms with Crippen molar-refractivity contribution in [2.24, 2.45) is 5.92 Å². The van der Waals surface area contributed by atoms with Crippen LogP contribution < -0.4 is 0 Å². The number of hydrogen-bond donors (Lipinski definition) is 0. The molecule has 0 fully saturated rings. The van der Waals surface area contributed by atoms with Gasteiger partial charge in [0.15, 0.2) is 0 Å². The van der Waals surface area contributed by atoms with Crippen molar-refractivity contribution in [3.63, 3.8) is 0 Å². The predicted molar refractivity (Wildman–Crippen MR) is 58.4 cm³/mol. The fourth-order valence-corrected chi connectivity index (χ4v) is 1.11. The average Bonchev–Trinajstić information content (AvgIpc) is 2.16. The SMILES string of the molecule is CC(/C=C/c1ccccc1)CBr. The van der Waals surface area contributed by atoms with E-state index in [2.05, 4.69) is 59.3 Å². The van der Waals surface area contributed by atoms with Gasteiger partial charge in [-0.05, 0) is 11.5 Å². The lowest BCUT2D eigenvalue weighted by Gasteiger charge is -1.97. The number of allylic oxidation sites excluding steroid dienone is 1. The van der Waals surface area contributed by atoms with Crippen molar-refractivity contribution in [1.29, 1.82) is 0 Å². The molecule has 1 unspecified atom stereocenters. The summed E-state index contributed by atoms with van der Waals surface area (Å²) in [5, 5.41) is 1.02. The van der Waals surface area contributed by atoms with E-state index in [1.807, 2.05) is 6.07 Å². The van der Waals surface area contributed by atoms with Gasteiger partial charge in [0.2, 0.25) is 0 Å². The Morgan fingerprint density at radius 3 is 2.58 bits per heavy atom. The van der Waals surface area contributed by atoms with Gasteiger partial charge in [0.1, 0.15) is 0 Å². The largest absolute Gasteiger partial charge is 0.0922 e. The highest BCUT2D eigenvalue weighted by Gasteiger charge is 1.91. The van der Waals surface area contributed by atoms with E-state index in [0.717, 1.165) is 5.33 Å². The Bertz CT molecular complexity index is 238. The molecule has 1 atom stereocenters. The molecule has 0 heterocycles. The lowest BCUT2D eigenvalue weighted by atomic mass is 10.1. The van der Waals surface area contributed by atoms with Crippen LogP contribution in [0.4, 0.5) is 0 Å². The monoisotopic (exact) mass is 224 g/mol. The molecule has 12 heavy (non-hydrogen) atoms. The molecule has 1 rings (SSSR count). The summed E-state index contributed by atoms with van der Waals surface area (Å²) in [7, 11) is 0. The predicted octanol–water partition coefficient (Wildman–Crippen LogP) is 3.73. The lowest BCUT2D eigenvalue weighted by Crippen LogP contribution is -1.87. The molecular weight excluding hydrogens is 212 g/mol. The quantitative estimate of drug-likeness (QED) is 0.687. The minimum absolute atomic E-state index is 0.602. The third-order valence-corrected chi connectivity index (χ3v) is 2.68. The van der Waals surface area contributed by atoms with Crippen LogP contribution in [0.5, 0.6) is 0 Å². The van der Waals surface area contributed by atoms with Gasteiger partial charge in [0.05, 0.1) is 0 Å². The molecule has 0 aliphatic rings. The van der Waals surface area contributed by atoms with E-state index >= 15 is 0 Å². The van der Waals surface area contributed by atoms with E-state index in [1.54, 1.807) is 0 Å². The fraction of sp³-hybridized carbons (Fsp3) is 0.273. The third kappa shape index (κ3) is 3.22. The molecule has 0 spiro atoms. The summed E-state index contributed by atoms with van der Waals surface area (Å²) < 4.78 is 0. The van der Waals surface area contributed by atoms with Crippen LogP contribution in [0.3, 0.4) is 0 Å². The van der Waals surface area contributed by atoms with E-state index in [-0.39, 0.29) is 0 Å². The summed E-state index contributed by atoms with van der Waals surface area (Å²) in [5.41, 5.74) is 1.27. The van der Waals surface area contributed by atoms with Gasteiger partial charge in [0, 0.05) is 5.33 Å². The Hall–Kier alpha value is -0.560. The van der Waals surface area contributed by atoms with Crippen molar-refractivity contribution < 1.29 is 0 Å². The van der Waals surface area contributed by atoms with Crippen molar-refractivity contribution in [3.8, 4) is 0 Å². The van der Waals surface area contributed by atoms with Crippen LogP contribution >= 0.6 is 15.9 Å². The van der Waals surface area contributed by atoms with Gasteiger partial charge in [-0.25, -0.2) is 0 Å². The number of alkyl halides is 1. The number of hydrogen-bond acceptors (Lipinski definition) is 0. The topological polar surface area (TPSA) is 0 Å². The summed E-state index contributed by atoms with van der Waals surface area (Å²) in [6.45, 7) is 2.19. The molecule has 0 amide bonds. The van der Waals surface area contributed by atoms with Crippen molar-refractivity contribution in [1.82, 2.24) is 0 Å². The van der Waals surface area contributed by atoms with Crippen LogP contribution in [0.25, 0.3) is 6.08 Å². The molecule has 0 radical (unpaired) electrons. The molecule has 64 valence electrons. The maximum absolute atomic E-state index is 3.44. The second-order valence-corrected chi connectivity index (χ2v) is 3.55. The van der Waals surface area contributed by atoms with Crippen LogP contribution in [0.2, 0.25) is 0 Å². The molecule has 1 aromatic carbocycles. The lowest BCUT2D eigenvalue weighted by molar-refractivity contribution is 0.859. The van der Waals surface area contributed by atoms with E-state index in [4.69, 9.17) is 0 Å². The molecular formula is C11H13Br. The third-order valence-electron chi connectivity index (χ3n) is 1.66. The summed E-state index contributed by atoms with van der Waals surface area (Å²) in [5.74, 6) is 0.602. The Kier molecular flexibility index (Phi) is 4.09. The van der Waals surface area contributed by atoms with Crippen LogP contribution in [0.1, 0.15) is 12.5 Å². The zero-order chi connectivity index (χ0) is 8.81. The first-order chi connectivity index (χ1) is 5.83. The second kappa shape index (κ2) is 5.15. The Morgan fingerprint density at radius 1 is 1.33 bits per heavy atom. The molecule has 0 saturated carbocycles. The smallest absolute Gasteiger partial charge is 0.00917 e. The molecule has 1 heteroatoms. The van der Waals surface area contributed by atoms with E-state index < -0.39 is 0 Å². The maximum atomic E-state index is 3.44. The molecule has 0 saturated heterocycles. The van der Waals surface area contributed by atoms with Gasteiger partial charge in [-0.1, -0.05) is 65.3 Å². The van der Waals surface area contributed by atoms with Gasteiger partial charge in [0.25, 0.3) is 0 Å². The Balaban J connectivity index is 2.58. The van der Waals surface area contributed by atoms with E-state index in [0.29, 0.717) is 5.92 Å². The highest BCUT2D eigenvalue weighted by Crippen LogP contribution is 2.06. The van der Waals surface area contributed by atoms with E-state index in [1.165, 1.54) is 5.56 Å². The summed E-state index contributed by atoms with van der Waals surface area (Å²) in [6, 6.07) is 10.4. The number of rotatable bonds is 3. The zero-order valence-corrected chi connectivity index (χ0v) is 8.79. The minimum Gasteiger partial charge on any atom is -0.0922 e. The van der Waals surface area contributed by atoms with Crippen molar-refractivity contribution in [2.45, 2.75) is 6.92 Å². The normalized spacial score (nSPS) is 13.5. The van der Waals surface area contributed by atoms with Crippen molar-refractivity contribution in [2.75, 3.05) is 5.33 Å². The molecule has 0 aliphatic heterocycles. The first-order valence-electron chi connectivity index (χ1n) is 4.12. The minimum atomic E-state index is 0.602. The average molecular weight is 225 g/mol. The first kappa shape index (κ1) is 9.53. The van der Waals surface area contributed by atoms with Crippen LogP contribution in [0.15, 0.2) is 36.4 Å². The molecule has 0 N–H and O–H groups in total. The highest BCUT2D eigenvalue weighted by molar-refractivity contribution is 9.09. The maximum Gasteiger partial charge on any atom is 0.00917 e. The first-order valence-corrected chi connectivity index (χ1v) is 5.24.